The maximum Gasteiger partial charge on any atom is 0.289 e. The van der Waals surface area contributed by atoms with Gasteiger partial charge in [-0.05, 0) is 46.3 Å². The maximum absolute atomic E-state index is 13.0. The Bertz CT molecular complexity index is 739. The van der Waals surface area contributed by atoms with Crippen molar-refractivity contribution in [3.8, 4) is 0 Å². The molecular weight excluding hydrogens is 367 g/mol. The summed E-state index contributed by atoms with van der Waals surface area (Å²) in [4.78, 5) is 22.2. The van der Waals surface area contributed by atoms with Crippen molar-refractivity contribution < 1.29 is 14.1 Å². The molecular formula is C13H7BrClFN2O3. The van der Waals surface area contributed by atoms with Gasteiger partial charge in [-0.25, -0.2) is 4.39 Å². The second-order valence-corrected chi connectivity index (χ2v) is 5.26. The first kappa shape index (κ1) is 15.4. The Labute approximate surface area is 132 Å². The highest BCUT2D eigenvalue weighted by molar-refractivity contribution is 9.10. The summed E-state index contributed by atoms with van der Waals surface area (Å²) in [5.41, 5.74) is 0.106. The first-order valence-electron chi connectivity index (χ1n) is 5.59. The largest absolute Gasteiger partial charge is 0.322 e. The number of nitro benzene ring substituents is 1. The van der Waals surface area contributed by atoms with Crippen molar-refractivity contribution in [3.05, 3.63) is 67.4 Å². The molecule has 0 saturated carbocycles. The zero-order chi connectivity index (χ0) is 15.6. The Morgan fingerprint density at radius 3 is 2.62 bits per heavy atom. The first-order valence-corrected chi connectivity index (χ1v) is 6.76. The molecule has 0 bridgehead atoms. The monoisotopic (exact) mass is 372 g/mol. The quantitative estimate of drug-likeness (QED) is 0.640. The Morgan fingerprint density at radius 1 is 1.29 bits per heavy atom. The predicted octanol–water partition coefficient (Wildman–Crippen LogP) is 4.40. The third-order valence-electron chi connectivity index (χ3n) is 2.58. The van der Waals surface area contributed by atoms with Crippen LogP contribution in [0.5, 0.6) is 0 Å². The van der Waals surface area contributed by atoms with Crippen LogP contribution in [-0.4, -0.2) is 10.8 Å². The summed E-state index contributed by atoms with van der Waals surface area (Å²) in [6.45, 7) is 0. The van der Waals surface area contributed by atoms with Crippen LogP contribution in [0.3, 0.4) is 0 Å². The summed E-state index contributed by atoms with van der Waals surface area (Å²) >= 11 is 8.76. The number of nitrogens with one attached hydrogen (secondary N) is 1. The first-order chi connectivity index (χ1) is 9.88. The van der Waals surface area contributed by atoms with Gasteiger partial charge in [-0.1, -0.05) is 11.6 Å². The second kappa shape index (κ2) is 6.19. The number of anilines is 1. The lowest BCUT2D eigenvalue weighted by atomic mass is 10.2. The molecule has 21 heavy (non-hydrogen) atoms. The minimum Gasteiger partial charge on any atom is -0.322 e. The Morgan fingerprint density at radius 2 is 2.00 bits per heavy atom. The lowest BCUT2D eigenvalue weighted by Gasteiger charge is -2.07. The average Bonchev–Trinajstić information content (AvgIpc) is 2.40. The second-order valence-electron chi connectivity index (χ2n) is 4.00. The molecule has 2 aromatic rings. The van der Waals surface area contributed by atoms with Crippen LogP contribution < -0.4 is 5.32 Å². The highest BCUT2D eigenvalue weighted by Gasteiger charge is 2.15. The molecule has 1 amide bonds. The van der Waals surface area contributed by atoms with Crippen LogP contribution in [-0.2, 0) is 0 Å². The van der Waals surface area contributed by atoms with E-state index in [1.807, 2.05) is 0 Å². The topological polar surface area (TPSA) is 72.2 Å². The molecule has 2 aromatic carbocycles. The lowest BCUT2D eigenvalue weighted by Crippen LogP contribution is -2.12. The normalized spacial score (nSPS) is 10.2. The minimum atomic E-state index is -0.647. The fourth-order valence-corrected chi connectivity index (χ4v) is 2.32. The summed E-state index contributed by atoms with van der Waals surface area (Å²) in [6.07, 6.45) is 0. The fraction of sp³-hybridized carbons (Fsp3) is 0. The van der Waals surface area contributed by atoms with Gasteiger partial charge in [0.15, 0.2) is 0 Å². The molecule has 0 aliphatic carbocycles. The van der Waals surface area contributed by atoms with Gasteiger partial charge in [0.2, 0.25) is 0 Å². The van der Waals surface area contributed by atoms with Crippen molar-refractivity contribution in [2.24, 2.45) is 0 Å². The van der Waals surface area contributed by atoms with Gasteiger partial charge in [0.1, 0.15) is 10.8 Å². The Kier molecular flexibility index (Phi) is 4.54. The molecule has 0 radical (unpaired) electrons. The summed E-state index contributed by atoms with van der Waals surface area (Å²) in [5.74, 6) is -1.01. The maximum atomic E-state index is 13.0. The van der Waals surface area contributed by atoms with Crippen LogP contribution in [0.25, 0.3) is 0 Å². The van der Waals surface area contributed by atoms with Gasteiger partial charge in [0.05, 0.1) is 10.5 Å². The van der Waals surface area contributed by atoms with E-state index < -0.39 is 16.6 Å². The van der Waals surface area contributed by atoms with Crippen molar-refractivity contribution in [3.63, 3.8) is 0 Å². The third-order valence-corrected chi connectivity index (χ3v) is 3.55. The van der Waals surface area contributed by atoms with E-state index in [1.54, 1.807) is 0 Å². The van der Waals surface area contributed by atoms with Crippen LogP contribution in [0.1, 0.15) is 10.4 Å². The smallest absolute Gasteiger partial charge is 0.289 e. The van der Waals surface area contributed by atoms with E-state index in [-0.39, 0.29) is 26.4 Å². The van der Waals surface area contributed by atoms with Crippen molar-refractivity contribution in [2.45, 2.75) is 0 Å². The SMILES string of the molecule is O=C(Nc1ccc(Cl)c([N+](=O)[O-])c1)c1ccc(F)cc1Br. The summed E-state index contributed by atoms with van der Waals surface area (Å²) in [5, 5.41) is 13.2. The average molecular weight is 374 g/mol. The van der Waals surface area contributed by atoms with Gasteiger partial charge in [0.25, 0.3) is 11.6 Å². The molecule has 0 saturated heterocycles. The molecule has 1 N–H and O–H groups in total. The number of nitro groups is 1. The van der Waals surface area contributed by atoms with E-state index in [9.17, 15) is 19.3 Å². The number of benzene rings is 2. The van der Waals surface area contributed by atoms with Gasteiger partial charge in [-0.3, -0.25) is 14.9 Å². The van der Waals surface area contributed by atoms with E-state index >= 15 is 0 Å². The number of nitrogens with zero attached hydrogens (tertiary/aromatic N) is 1. The minimum absolute atomic E-state index is 0.0269. The molecule has 8 heteroatoms. The highest BCUT2D eigenvalue weighted by Crippen LogP contribution is 2.28. The van der Waals surface area contributed by atoms with Crippen molar-refractivity contribution in [1.29, 1.82) is 0 Å². The molecule has 108 valence electrons. The summed E-state index contributed by atoms with van der Waals surface area (Å²) in [6, 6.07) is 7.50. The predicted molar refractivity (Wildman–Crippen MR) is 80.2 cm³/mol. The van der Waals surface area contributed by atoms with Gasteiger partial charge in [-0.2, -0.15) is 0 Å². The van der Waals surface area contributed by atoms with E-state index in [2.05, 4.69) is 21.2 Å². The number of amides is 1. The van der Waals surface area contributed by atoms with Crippen LogP contribution in [0, 0.1) is 15.9 Å². The molecule has 0 fully saturated rings. The molecule has 0 spiro atoms. The van der Waals surface area contributed by atoms with Gasteiger partial charge < -0.3 is 5.32 Å². The zero-order valence-electron chi connectivity index (χ0n) is 10.3. The fourth-order valence-electron chi connectivity index (χ4n) is 1.60. The molecule has 0 aliphatic heterocycles. The number of rotatable bonds is 3. The summed E-state index contributed by atoms with van der Waals surface area (Å²) < 4.78 is 13.3. The number of hydrogen-bond donors (Lipinski definition) is 1. The van der Waals surface area contributed by atoms with Crippen LogP contribution in [0.2, 0.25) is 5.02 Å². The van der Waals surface area contributed by atoms with Gasteiger partial charge >= 0.3 is 0 Å². The van der Waals surface area contributed by atoms with Crippen LogP contribution >= 0.6 is 27.5 Å². The van der Waals surface area contributed by atoms with Crippen molar-refractivity contribution >= 4 is 44.8 Å². The van der Waals surface area contributed by atoms with Crippen molar-refractivity contribution in [2.75, 3.05) is 5.32 Å². The molecule has 0 aliphatic rings. The van der Waals surface area contributed by atoms with E-state index in [1.165, 1.54) is 18.2 Å². The van der Waals surface area contributed by atoms with E-state index in [0.29, 0.717) is 0 Å². The molecule has 5 nitrogen and oxygen atoms in total. The molecule has 0 aromatic heterocycles. The number of carbonyl (C=O) groups is 1. The van der Waals surface area contributed by atoms with Crippen LogP contribution in [0.15, 0.2) is 40.9 Å². The highest BCUT2D eigenvalue weighted by atomic mass is 79.9. The van der Waals surface area contributed by atoms with Gasteiger partial charge in [-0.15, -0.1) is 0 Å². The van der Waals surface area contributed by atoms with Crippen molar-refractivity contribution in [1.82, 2.24) is 0 Å². The summed E-state index contributed by atoms with van der Waals surface area (Å²) in [7, 11) is 0. The zero-order valence-corrected chi connectivity index (χ0v) is 12.6. The van der Waals surface area contributed by atoms with Crippen LogP contribution in [0.4, 0.5) is 15.8 Å². The van der Waals surface area contributed by atoms with Gasteiger partial charge in [0, 0.05) is 16.2 Å². The number of halogens is 3. The van der Waals surface area contributed by atoms with E-state index in [4.69, 9.17) is 11.6 Å². The standard InChI is InChI=1S/C13H7BrClFN2O3/c14-10-5-7(16)1-3-9(10)13(19)17-8-2-4-11(15)12(6-8)18(20)21/h1-6H,(H,17,19). The Hall–Kier alpha value is -1.99. The molecule has 0 atom stereocenters. The lowest BCUT2D eigenvalue weighted by molar-refractivity contribution is -0.384. The number of carbonyl (C=O) groups excluding carboxylic acids is 1. The Balaban J connectivity index is 2.27. The molecule has 0 heterocycles. The molecule has 0 unspecified atom stereocenters. The number of hydrogen-bond acceptors (Lipinski definition) is 3. The molecule has 2 rings (SSSR count). The van der Waals surface area contributed by atoms with E-state index in [0.717, 1.165) is 18.2 Å². The third kappa shape index (κ3) is 3.56.